The second kappa shape index (κ2) is 9.58. The summed E-state index contributed by atoms with van der Waals surface area (Å²) in [5.41, 5.74) is 4.75. The van der Waals surface area contributed by atoms with Crippen molar-refractivity contribution in [1.29, 1.82) is 0 Å². The number of rotatable bonds is 8. The van der Waals surface area contributed by atoms with Gasteiger partial charge in [-0.15, -0.1) is 0 Å². The van der Waals surface area contributed by atoms with Crippen molar-refractivity contribution < 1.29 is 19.7 Å². The number of hydrogen-bond donors (Lipinski definition) is 1. The van der Waals surface area contributed by atoms with Gasteiger partial charge < -0.3 is 5.11 Å². The van der Waals surface area contributed by atoms with Crippen molar-refractivity contribution in [2.75, 3.05) is 0 Å². The van der Waals surface area contributed by atoms with E-state index >= 15 is 0 Å². The van der Waals surface area contributed by atoms with E-state index in [4.69, 9.17) is 14.9 Å². The molecular weight excluding hydrogens is 352 g/mol. The molecule has 4 nitrogen and oxygen atoms in total. The zero-order valence-corrected chi connectivity index (χ0v) is 18.8. The van der Waals surface area contributed by atoms with E-state index in [0.717, 1.165) is 32.1 Å². The van der Waals surface area contributed by atoms with Crippen molar-refractivity contribution in [2.45, 2.75) is 111 Å². The van der Waals surface area contributed by atoms with Crippen LogP contribution in [0.15, 0.2) is 22.8 Å². The van der Waals surface area contributed by atoms with Crippen LogP contribution in [0.2, 0.25) is 0 Å². The monoisotopic (exact) mass is 392 g/mol. The maximum Gasteiger partial charge on any atom is 0.308 e. The van der Waals surface area contributed by atoms with Gasteiger partial charge in [-0.1, -0.05) is 36.6 Å². The smallest absolute Gasteiger partial charge is 0.308 e. The molecule has 4 heteroatoms. The van der Waals surface area contributed by atoms with Crippen LogP contribution in [0.3, 0.4) is 0 Å². The van der Waals surface area contributed by atoms with E-state index in [1.165, 1.54) is 31.3 Å². The molecule has 160 valence electrons. The summed E-state index contributed by atoms with van der Waals surface area (Å²) < 4.78 is 0. The third-order valence-corrected chi connectivity index (χ3v) is 6.90. The van der Waals surface area contributed by atoms with Crippen molar-refractivity contribution >= 4 is 5.97 Å². The lowest BCUT2D eigenvalue weighted by Gasteiger charge is -2.37. The Morgan fingerprint density at radius 1 is 1.32 bits per heavy atom. The molecule has 1 saturated heterocycles. The summed E-state index contributed by atoms with van der Waals surface area (Å²) >= 11 is 0. The molecule has 1 aliphatic carbocycles. The summed E-state index contributed by atoms with van der Waals surface area (Å²) in [6.07, 6.45) is 11.6. The Hall–Kier alpha value is -1.13. The van der Waals surface area contributed by atoms with E-state index in [1.54, 1.807) is 18.1 Å². The van der Waals surface area contributed by atoms with Gasteiger partial charge in [-0.25, -0.2) is 9.78 Å². The average Bonchev–Trinajstić information content (AvgIpc) is 2.60. The summed E-state index contributed by atoms with van der Waals surface area (Å²) in [6.45, 7) is 13.1. The van der Waals surface area contributed by atoms with Crippen LogP contribution in [-0.2, 0) is 14.6 Å². The molecule has 0 radical (unpaired) electrons. The topological polar surface area (TPSA) is 55.8 Å². The molecule has 0 aromatic heterocycles. The summed E-state index contributed by atoms with van der Waals surface area (Å²) in [5, 5.41) is 9.11. The molecular formula is C24H40O4. The molecule has 0 aromatic rings. The van der Waals surface area contributed by atoms with Gasteiger partial charge in [-0.05, 0) is 90.9 Å². The van der Waals surface area contributed by atoms with Crippen molar-refractivity contribution in [3.8, 4) is 0 Å². The third kappa shape index (κ3) is 6.18. The highest BCUT2D eigenvalue weighted by atomic mass is 17.2. The Labute approximate surface area is 171 Å². The van der Waals surface area contributed by atoms with Crippen LogP contribution in [0.4, 0.5) is 0 Å². The Balaban J connectivity index is 1.79. The summed E-state index contributed by atoms with van der Waals surface area (Å²) in [6, 6.07) is 0. The van der Waals surface area contributed by atoms with Crippen molar-refractivity contribution in [1.82, 2.24) is 0 Å². The van der Waals surface area contributed by atoms with Crippen LogP contribution in [0.1, 0.15) is 99.3 Å². The van der Waals surface area contributed by atoms with Gasteiger partial charge in [0.2, 0.25) is 0 Å². The average molecular weight is 393 g/mol. The first kappa shape index (κ1) is 23.2. The van der Waals surface area contributed by atoms with Gasteiger partial charge >= 0.3 is 5.97 Å². The van der Waals surface area contributed by atoms with Crippen molar-refractivity contribution in [2.24, 2.45) is 11.3 Å². The van der Waals surface area contributed by atoms with Crippen molar-refractivity contribution in [3.05, 3.63) is 22.8 Å². The molecule has 0 spiro atoms. The number of carbonyl (C=O) groups is 1. The number of hydrogen-bond acceptors (Lipinski definition) is 3. The quantitative estimate of drug-likeness (QED) is 0.373. The van der Waals surface area contributed by atoms with Crippen LogP contribution >= 0.6 is 0 Å². The molecule has 2 rings (SSSR count). The first-order valence-electron chi connectivity index (χ1n) is 11.0. The van der Waals surface area contributed by atoms with E-state index in [1.807, 2.05) is 0 Å². The van der Waals surface area contributed by atoms with Gasteiger partial charge in [0.25, 0.3) is 0 Å². The zero-order chi connectivity index (χ0) is 20.9. The van der Waals surface area contributed by atoms with Crippen LogP contribution in [-0.4, -0.2) is 22.8 Å². The standard InChI is InChI=1S/C24H40O4/c1-17(11-12-20-18(2)10-8-14-23(20,4)5)9-7-15-24(6)16-13-21(27-28-24)19(3)22(25)26/h9,19,21H,7-8,10-16H2,1-6H3,(H,25,26)/b17-9+. The molecule has 3 unspecified atom stereocenters. The molecule has 0 aromatic carbocycles. The minimum Gasteiger partial charge on any atom is -0.481 e. The SMILES string of the molecule is CC1=C(CC/C(C)=C/CCC2(C)CCC(C(C)C(=O)O)OO2)C(C)(C)CCC1. The van der Waals surface area contributed by atoms with Crippen LogP contribution in [0.5, 0.6) is 0 Å². The maximum absolute atomic E-state index is 11.1. The molecule has 1 heterocycles. The first-order chi connectivity index (χ1) is 13.0. The Bertz CT molecular complexity index is 606. The maximum atomic E-state index is 11.1. The van der Waals surface area contributed by atoms with Crippen LogP contribution < -0.4 is 0 Å². The molecule has 1 N–H and O–H groups in total. The zero-order valence-electron chi connectivity index (χ0n) is 18.8. The number of carboxylic acid groups (broad SMARTS) is 1. The summed E-state index contributed by atoms with van der Waals surface area (Å²) in [7, 11) is 0. The first-order valence-corrected chi connectivity index (χ1v) is 11.0. The van der Waals surface area contributed by atoms with E-state index in [0.29, 0.717) is 5.41 Å². The second-order valence-corrected chi connectivity index (χ2v) is 9.92. The molecule has 0 saturated carbocycles. The third-order valence-electron chi connectivity index (χ3n) is 6.90. The predicted molar refractivity (Wildman–Crippen MR) is 113 cm³/mol. The van der Waals surface area contributed by atoms with Gasteiger partial charge in [0.1, 0.15) is 11.7 Å². The molecule has 28 heavy (non-hydrogen) atoms. The van der Waals surface area contributed by atoms with Crippen LogP contribution in [0.25, 0.3) is 0 Å². The minimum atomic E-state index is -0.831. The van der Waals surface area contributed by atoms with E-state index in [2.05, 4.69) is 40.7 Å². The lowest BCUT2D eigenvalue weighted by molar-refractivity contribution is -0.411. The fraction of sp³-hybridized carbons (Fsp3) is 0.792. The Morgan fingerprint density at radius 2 is 2.04 bits per heavy atom. The molecule has 2 aliphatic rings. The fourth-order valence-electron chi connectivity index (χ4n) is 4.65. The predicted octanol–water partition coefficient (Wildman–Crippen LogP) is 6.61. The number of allylic oxidation sites excluding steroid dienone is 4. The van der Waals surface area contributed by atoms with Gasteiger partial charge in [0, 0.05) is 0 Å². The minimum absolute atomic E-state index is 0.323. The van der Waals surface area contributed by atoms with E-state index in [-0.39, 0.29) is 11.7 Å². The highest BCUT2D eigenvalue weighted by Gasteiger charge is 2.37. The number of carboxylic acids is 1. The van der Waals surface area contributed by atoms with Gasteiger partial charge in [0.05, 0.1) is 5.92 Å². The van der Waals surface area contributed by atoms with Gasteiger partial charge in [-0.2, -0.15) is 0 Å². The Kier molecular flexibility index (Phi) is 7.92. The largest absolute Gasteiger partial charge is 0.481 e. The molecule has 0 amide bonds. The fourth-order valence-corrected chi connectivity index (χ4v) is 4.65. The highest BCUT2D eigenvalue weighted by molar-refractivity contribution is 5.70. The van der Waals surface area contributed by atoms with Crippen LogP contribution in [0, 0.1) is 11.3 Å². The Morgan fingerprint density at radius 3 is 2.61 bits per heavy atom. The van der Waals surface area contributed by atoms with E-state index in [9.17, 15) is 4.79 Å². The lowest BCUT2D eigenvalue weighted by atomic mass is 9.71. The van der Waals surface area contributed by atoms with Gasteiger partial charge in [0.15, 0.2) is 0 Å². The molecule has 0 bridgehead atoms. The molecule has 1 fully saturated rings. The van der Waals surface area contributed by atoms with Crippen molar-refractivity contribution in [3.63, 3.8) is 0 Å². The summed E-state index contributed by atoms with van der Waals surface area (Å²) in [5.74, 6) is -1.37. The highest BCUT2D eigenvalue weighted by Crippen LogP contribution is 2.42. The van der Waals surface area contributed by atoms with Gasteiger partial charge in [-0.3, -0.25) is 4.79 Å². The van der Waals surface area contributed by atoms with E-state index < -0.39 is 11.9 Å². The number of aliphatic carboxylic acids is 1. The molecule has 3 atom stereocenters. The lowest BCUT2D eigenvalue weighted by Crippen LogP contribution is -2.41. The summed E-state index contributed by atoms with van der Waals surface area (Å²) in [4.78, 5) is 22.2. The normalized spacial score (nSPS) is 29.6. The second-order valence-electron chi connectivity index (χ2n) is 9.92. The molecule has 1 aliphatic heterocycles.